The van der Waals surface area contributed by atoms with Crippen LogP contribution in [0.2, 0.25) is 0 Å². The average molecular weight is 201 g/mol. The lowest BCUT2D eigenvalue weighted by molar-refractivity contribution is -0.126. The second kappa shape index (κ2) is 3.88. The highest BCUT2D eigenvalue weighted by Gasteiger charge is 2.31. The van der Waals surface area contributed by atoms with Gasteiger partial charge in [0, 0.05) is 17.7 Å². The first-order valence-electron chi connectivity index (χ1n) is 4.82. The van der Waals surface area contributed by atoms with E-state index in [-0.39, 0.29) is 24.0 Å². The minimum absolute atomic E-state index is 0.178. The van der Waals surface area contributed by atoms with Gasteiger partial charge in [-0.2, -0.15) is 11.8 Å². The van der Waals surface area contributed by atoms with Gasteiger partial charge in [-0.3, -0.25) is 4.79 Å². The standard InChI is InChI=1S/C9H15NO2S/c11-8-3-7(4-8)10-9(12)6-1-2-13-5-6/h6-8,11H,1-5H2,(H,10,12). The minimum atomic E-state index is -0.178. The van der Waals surface area contributed by atoms with Crippen molar-refractivity contribution in [2.24, 2.45) is 5.92 Å². The summed E-state index contributed by atoms with van der Waals surface area (Å²) < 4.78 is 0. The number of carbonyl (C=O) groups is 1. The van der Waals surface area contributed by atoms with Crippen LogP contribution in [0.1, 0.15) is 19.3 Å². The van der Waals surface area contributed by atoms with Gasteiger partial charge < -0.3 is 10.4 Å². The third-order valence-electron chi connectivity index (χ3n) is 2.76. The van der Waals surface area contributed by atoms with Crippen molar-refractivity contribution in [3.63, 3.8) is 0 Å². The Balaban J connectivity index is 1.72. The molecule has 1 heterocycles. The molecule has 1 saturated heterocycles. The molecule has 2 rings (SSSR count). The molecule has 74 valence electrons. The molecule has 0 aromatic carbocycles. The number of amides is 1. The maximum absolute atomic E-state index is 11.5. The Morgan fingerprint density at radius 3 is 2.77 bits per heavy atom. The number of aliphatic hydroxyl groups is 1. The Morgan fingerprint density at radius 2 is 2.23 bits per heavy atom. The second-order valence-corrected chi connectivity index (χ2v) is 5.04. The van der Waals surface area contributed by atoms with Crippen molar-refractivity contribution in [3.8, 4) is 0 Å². The summed E-state index contributed by atoms with van der Waals surface area (Å²) in [5.74, 6) is 2.51. The smallest absolute Gasteiger partial charge is 0.224 e. The Hall–Kier alpha value is -0.220. The van der Waals surface area contributed by atoms with Gasteiger partial charge in [0.05, 0.1) is 6.10 Å². The summed E-state index contributed by atoms with van der Waals surface area (Å²) in [6, 6.07) is 0.244. The number of thioether (sulfide) groups is 1. The van der Waals surface area contributed by atoms with Gasteiger partial charge in [-0.25, -0.2) is 0 Å². The third kappa shape index (κ3) is 2.17. The quantitative estimate of drug-likeness (QED) is 0.679. The molecule has 1 amide bonds. The number of hydrogen-bond acceptors (Lipinski definition) is 3. The average Bonchev–Trinajstić information content (AvgIpc) is 2.53. The van der Waals surface area contributed by atoms with Gasteiger partial charge in [0.1, 0.15) is 0 Å². The van der Waals surface area contributed by atoms with Crippen LogP contribution in [-0.2, 0) is 4.79 Å². The highest BCUT2D eigenvalue weighted by Crippen LogP contribution is 2.25. The van der Waals surface area contributed by atoms with Crippen LogP contribution in [0, 0.1) is 5.92 Å². The summed E-state index contributed by atoms with van der Waals surface area (Å²) in [5, 5.41) is 12.0. The number of rotatable bonds is 2. The largest absolute Gasteiger partial charge is 0.393 e. The fourth-order valence-electron chi connectivity index (χ4n) is 1.77. The molecule has 0 radical (unpaired) electrons. The summed E-state index contributed by atoms with van der Waals surface area (Å²) in [6.07, 6.45) is 2.33. The molecule has 0 bridgehead atoms. The number of hydrogen-bond donors (Lipinski definition) is 2. The zero-order valence-electron chi connectivity index (χ0n) is 7.53. The monoisotopic (exact) mass is 201 g/mol. The molecular formula is C9H15NO2S. The molecule has 1 aliphatic heterocycles. The first-order chi connectivity index (χ1) is 6.25. The van der Waals surface area contributed by atoms with E-state index in [1.54, 1.807) is 0 Å². The molecule has 0 aromatic rings. The molecular weight excluding hydrogens is 186 g/mol. The summed E-state index contributed by atoms with van der Waals surface area (Å²) in [4.78, 5) is 11.5. The number of nitrogens with one attached hydrogen (secondary N) is 1. The lowest BCUT2D eigenvalue weighted by Gasteiger charge is -2.32. The van der Waals surface area contributed by atoms with Gasteiger partial charge in [-0.15, -0.1) is 0 Å². The van der Waals surface area contributed by atoms with Gasteiger partial charge in [0.2, 0.25) is 5.91 Å². The molecule has 0 aromatic heterocycles. The molecule has 1 atom stereocenters. The van der Waals surface area contributed by atoms with E-state index in [0.29, 0.717) is 0 Å². The zero-order valence-corrected chi connectivity index (χ0v) is 8.35. The molecule has 2 fully saturated rings. The number of aliphatic hydroxyl groups excluding tert-OH is 1. The lowest BCUT2D eigenvalue weighted by atomic mass is 9.89. The molecule has 1 saturated carbocycles. The molecule has 0 spiro atoms. The zero-order chi connectivity index (χ0) is 9.26. The summed E-state index contributed by atoms with van der Waals surface area (Å²) >= 11 is 1.85. The normalized spacial score (nSPS) is 38.4. The molecule has 3 nitrogen and oxygen atoms in total. The Morgan fingerprint density at radius 1 is 1.46 bits per heavy atom. The van der Waals surface area contributed by atoms with Crippen LogP contribution in [-0.4, -0.2) is 34.7 Å². The van der Waals surface area contributed by atoms with Crippen molar-refractivity contribution in [3.05, 3.63) is 0 Å². The van der Waals surface area contributed by atoms with Gasteiger partial charge in [0.25, 0.3) is 0 Å². The Kier molecular flexibility index (Phi) is 2.79. The maximum atomic E-state index is 11.5. The van der Waals surface area contributed by atoms with Crippen LogP contribution in [0.15, 0.2) is 0 Å². The minimum Gasteiger partial charge on any atom is -0.393 e. The van der Waals surface area contributed by atoms with Crippen LogP contribution in [0.5, 0.6) is 0 Å². The van der Waals surface area contributed by atoms with Crippen LogP contribution in [0.4, 0.5) is 0 Å². The highest BCUT2D eigenvalue weighted by molar-refractivity contribution is 7.99. The van der Waals surface area contributed by atoms with Crippen LogP contribution in [0.25, 0.3) is 0 Å². The van der Waals surface area contributed by atoms with E-state index in [1.165, 1.54) is 0 Å². The second-order valence-electron chi connectivity index (χ2n) is 3.89. The highest BCUT2D eigenvalue weighted by atomic mass is 32.2. The van der Waals surface area contributed by atoms with E-state index < -0.39 is 0 Å². The first kappa shape index (κ1) is 9.34. The topological polar surface area (TPSA) is 49.3 Å². The van der Waals surface area contributed by atoms with Crippen molar-refractivity contribution >= 4 is 17.7 Å². The van der Waals surface area contributed by atoms with Gasteiger partial charge in [-0.05, 0) is 25.0 Å². The van der Waals surface area contributed by atoms with Crippen LogP contribution >= 0.6 is 11.8 Å². The van der Waals surface area contributed by atoms with E-state index in [9.17, 15) is 4.79 Å². The van der Waals surface area contributed by atoms with Crippen molar-refractivity contribution < 1.29 is 9.90 Å². The van der Waals surface area contributed by atoms with E-state index in [0.717, 1.165) is 30.8 Å². The maximum Gasteiger partial charge on any atom is 0.224 e. The van der Waals surface area contributed by atoms with E-state index in [4.69, 9.17) is 5.11 Å². The SMILES string of the molecule is O=C(NC1CC(O)C1)C1CCSC1. The van der Waals surface area contributed by atoms with E-state index in [1.807, 2.05) is 11.8 Å². The van der Waals surface area contributed by atoms with E-state index >= 15 is 0 Å². The molecule has 2 aliphatic rings. The van der Waals surface area contributed by atoms with Crippen LogP contribution < -0.4 is 5.32 Å². The van der Waals surface area contributed by atoms with E-state index in [2.05, 4.69) is 5.32 Å². The van der Waals surface area contributed by atoms with Crippen molar-refractivity contribution in [1.29, 1.82) is 0 Å². The van der Waals surface area contributed by atoms with Gasteiger partial charge in [-0.1, -0.05) is 0 Å². The predicted molar refractivity (Wildman–Crippen MR) is 52.6 cm³/mol. The summed E-state index contributed by atoms with van der Waals surface area (Å²) in [5.41, 5.74) is 0. The lowest BCUT2D eigenvalue weighted by Crippen LogP contribution is -2.48. The predicted octanol–water partition coefficient (Wildman–Crippen LogP) is 0.379. The molecule has 1 aliphatic carbocycles. The Labute approximate surface area is 82.3 Å². The van der Waals surface area contributed by atoms with Crippen molar-refractivity contribution in [2.75, 3.05) is 11.5 Å². The molecule has 13 heavy (non-hydrogen) atoms. The number of carbonyl (C=O) groups excluding carboxylic acids is 1. The third-order valence-corrected chi connectivity index (χ3v) is 3.92. The molecule has 1 unspecified atom stereocenters. The molecule has 4 heteroatoms. The fourth-order valence-corrected chi connectivity index (χ4v) is 2.99. The summed E-state index contributed by atoms with van der Waals surface area (Å²) in [6.45, 7) is 0. The van der Waals surface area contributed by atoms with Gasteiger partial charge >= 0.3 is 0 Å². The van der Waals surface area contributed by atoms with Gasteiger partial charge in [0.15, 0.2) is 0 Å². The summed E-state index contributed by atoms with van der Waals surface area (Å²) in [7, 11) is 0. The Bertz CT molecular complexity index is 198. The fraction of sp³-hybridized carbons (Fsp3) is 0.889. The first-order valence-corrected chi connectivity index (χ1v) is 5.97. The van der Waals surface area contributed by atoms with Crippen LogP contribution in [0.3, 0.4) is 0 Å². The van der Waals surface area contributed by atoms with Crippen molar-refractivity contribution in [1.82, 2.24) is 5.32 Å². The molecule has 2 N–H and O–H groups in total. The van der Waals surface area contributed by atoms with Crippen molar-refractivity contribution in [2.45, 2.75) is 31.4 Å².